The molecule has 2 aromatic rings. The summed E-state index contributed by atoms with van der Waals surface area (Å²) in [4.78, 5) is 24.2. The fourth-order valence-electron chi connectivity index (χ4n) is 3.15. The third-order valence-electron chi connectivity index (χ3n) is 4.88. The minimum atomic E-state index is -0.0834. The standard InChI is InChI=1S/C20H24N2O2/c1-15-6-3-4-8-17(15)14-20(11-12-20)21-18(23)10-13-22-16(2)7-5-9-19(22)24/h3-9H,10-14H2,1-2H3,(H,21,23). The molecule has 0 unspecified atom stereocenters. The second-order valence-electron chi connectivity index (χ2n) is 6.84. The highest BCUT2D eigenvalue weighted by atomic mass is 16.2. The van der Waals surface area contributed by atoms with E-state index in [4.69, 9.17) is 0 Å². The van der Waals surface area contributed by atoms with Crippen molar-refractivity contribution in [2.45, 2.75) is 51.6 Å². The molecule has 1 aromatic carbocycles. The van der Waals surface area contributed by atoms with Gasteiger partial charge in [-0.25, -0.2) is 0 Å². The molecular weight excluding hydrogens is 300 g/mol. The first-order chi connectivity index (χ1) is 11.5. The number of hydrogen-bond acceptors (Lipinski definition) is 2. The lowest BCUT2D eigenvalue weighted by atomic mass is 9.99. The molecule has 24 heavy (non-hydrogen) atoms. The van der Waals surface area contributed by atoms with Gasteiger partial charge in [0, 0.05) is 30.3 Å². The second-order valence-corrected chi connectivity index (χ2v) is 6.84. The number of hydrogen-bond donors (Lipinski definition) is 1. The van der Waals surface area contributed by atoms with Crippen molar-refractivity contribution in [2.24, 2.45) is 0 Å². The van der Waals surface area contributed by atoms with E-state index >= 15 is 0 Å². The van der Waals surface area contributed by atoms with E-state index < -0.39 is 0 Å². The molecule has 1 saturated carbocycles. The van der Waals surface area contributed by atoms with Crippen LogP contribution < -0.4 is 10.9 Å². The molecule has 1 amide bonds. The van der Waals surface area contributed by atoms with Crippen LogP contribution in [0.25, 0.3) is 0 Å². The summed E-state index contributed by atoms with van der Waals surface area (Å²) in [6, 6.07) is 13.5. The van der Waals surface area contributed by atoms with Gasteiger partial charge in [0.05, 0.1) is 0 Å². The van der Waals surface area contributed by atoms with Crippen LogP contribution in [0.3, 0.4) is 0 Å². The maximum Gasteiger partial charge on any atom is 0.250 e. The van der Waals surface area contributed by atoms with E-state index in [0.717, 1.165) is 25.0 Å². The van der Waals surface area contributed by atoms with Crippen LogP contribution in [0.15, 0.2) is 47.3 Å². The summed E-state index contributed by atoms with van der Waals surface area (Å²) in [6.45, 7) is 4.43. The minimum absolute atomic E-state index is 0.0243. The third kappa shape index (κ3) is 3.75. The predicted octanol–water partition coefficient (Wildman–Crippen LogP) is 2.75. The van der Waals surface area contributed by atoms with Gasteiger partial charge in [0.25, 0.3) is 5.56 Å². The van der Waals surface area contributed by atoms with Gasteiger partial charge in [0.2, 0.25) is 5.91 Å². The van der Waals surface area contributed by atoms with E-state index in [0.29, 0.717) is 13.0 Å². The topological polar surface area (TPSA) is 51.1 Å². The molecule has 0 saturated heterocycles. The zero-order chi connectivity index (χ0) is 17.2. The molecule has 1 heterocycles. The SMILES string of the molecule is Cc1ccccc1CC1(NC(=O)CCn2c(C)cccc2=O)CC1. The average Bonchev–Trinajstić information content (AvgIpc) is 3.28. The van der Waals surface area contributed by atoms with Crippen LogP contribution in [0.2, 0.25) is 0 Å². The molecule has 3 rings (SSSR count). The van der Waals surface area contributed by atoms with Gasteiger partial charge in [-0.15, -0.1) is 0 Å². The van der Waals surface area contributed by atoms with E-state index in [1.54, 1.807) is 10.6 Å². The number of rotatable bonds is 6. The van der Waals surface area contributed by atoms with Gasteiger partial charge >= 0.3 is 0 Å². The Hall–Kier alpha value is -2.36. The van der Waals surface area contributed by atoms with Crippen LogP contribution in [0.1, 0.15) is 36.1 Å². The van der Waals surface area contributed by atoms with E-state index in [-0.39, 0.29) is 17.0 Å². The summed E-state index contributed by atoms with van der Waals surface area (Å²) in [5.74, 6) is 0.0243. The molecule has 0 atom stereocenters. The highest BCUT2D eigenvalue weighted by Crippen LogP contribution is 2.39. The molecule has 0 aliphatic heterocycles. The van der Waals surface area contributed by atoms with Crippen LogP contribution in [0.5, 0.6) is 0 Å². The van der Waals surface area contributed by atoms with Crippen molar-refractivity contribution in [2.75, 3.05) is 0 Å². The first-order valence-corrected chi connectivity index (χ1v) is 8.51. The van der Waals surface area contributed by atoms with Crippen LogP contribution in [-0.4, -0.2) is 16.0 Å². The lowest BCUT2D eigenvalue weighted by Gasteiger charge is -2.19. The minimum Gasteiger partial charge on any atom is -0.350 e. The van der Waals surface area contributed by atoms with Crippen molar-refractivity contribution < 1.29 is 4.79 Å². The zero-order valence-corrected chi connectivity index (χ0v) is 14.3. The molecule has 4 nitrogen and oxygen atoms in total. The number of nitrogens with zero attached hydrogens (tertiary/aromatic N) is 1. The summed E-state index contributed by atoms with van der Waals surface area (Å²) in [6.07, 6.45) is 3.27. The molecule has 126 valence electrons. The van der Waals surface area contributed by atoms with E-state index in [9.17, 15) is 9.59 Å². The molecule has 1 N–H and O–H groups in total. The van der Waals surface area contributed by atoms with E-state index in [2.05, 4.69) is 24.4 Å². The zero-order valence-electron chi connectivity index (χ0n) is 14.3. The summed E-state index contributed by atoms with van der Waals surface area (Å²) in [5.41, 5.74) is 3.31. The summed E-state index contributed by atoms with van der Waals surface area (Å²) >= 11 is 0. The van der Waals surface area contributed by atoms with Gasteiger partial charge in [-0.2, -0.15) is 0 Å². The van der Waals surface area contributed by atoms with E-state index in [1.165, 1.54) is 17.2 Å². The summed E-state index contributed by atoms with van der Waals surface area (Å²) in [5, 5.41) is 3.20. The molecule has 0 bridgehead atoms. The van der Waals surface area contributed by atoms with Crippen molar-refractivity contribution in [3.8, 4) is 0 Å². The Morgan fingerprint density at radius 1 is 1.12 bits per heavy atom. The van der Waals surface area contributed by atoms with Crippen molar-refractivity contribution in [1.82, 2.24) is 9.88 Å². The van der Waals surface area contributed by atoms with Crippen LogP contribution in [0.4, 0.5) is 0 Å². The summed E-state index contributed by atoms with van der Waals surface area (Å²) in [7, 11) is 0. The van der Waals surface area contributed by atoms with Crippen LogP contribution in [0, 0.1) is 13.8 Å². The Morgan fingerprint density at radius 2 is 1.88 bits per heavy atom. The van der Waals surface area contributed by atoms with Crippen molar-refractivity contribution >= 4 is 5.91 Å². The lowest BCUT2D eigenvalue weighted by molar-refractivity contribution is -0.122. The highest BCUT2D eigenvalue weighted by Gasteiger charge is 2.43. The Morgan fingerprint density at radius 3 is 2.54 bits per heavy atom. The van der Waals surface area contributed by atoms with Crippen molar-refractivity contribution in [3.05, 3.63) is 69.6 Å². The van der Waals surface area contributed by atoms with Crippen LogP contribution in [-0.2, 0) is 17.8 Å². The van der Waals surface area contributed by atoms with Gasteiger partial charge in [-0.1, -0.05) is 30.3 Å². The molecule has 4 heteroatoms. The Bertz CT molecular complexity index is 803. The maximum absolute atomic E-state index is 12.3. The normalized spacial score (nSPS) is 15.1. The Balaban J connectivity index is 1.59. The number of carbonyl (C=O) groups excluding carboxylic acids is 1. The monoisotopic (exact) mass is 324 g/mol. The molecule has 1 aliphatic carbocycles. The molecule has 1 fully saturated rings. The van der Waals surface area contributed by atoms with Crippen molar-refractivity contribution in [1.29, 1.82) is 0 Å². The first-order valence-electron chi connectivity index (χ1n) is 8.51. The molecule has 0 radical (unpaired) electrons. The largest absolute Gasteiger partial charge is 0.350 e. The average molecular weight is 324 g/mol. The smallest absolute Gasteiger partial charge is 0.250 e. The molecule has 1 aromatic heterocycles. The summed E-state index contributed by atoms with van der Waals surface area (Å²) < 4.78 is 1.65. The maximum atomic E-state index is 12.3. The number of aryl methyl sites for hydroxylation is 2. The van der Waals surface area contributed by atoms with Gasteiger partial charge in [-0.05, 0) is 50.3 Å². The lowest BCUT2D eigenvalue weighted by Crippen LogP contribution is -2.39. The van der Waals surface area contributed by atoms with Gasteiger partial charge in [0.1, 0.15) is 0 Å². The highest BCUT2D eigenvalue weighted by molar-refractivity contribution is 5.77. The Kier molecular flexibility index (Phi) is 4.56. The molecule has 0 spiro atoms. The fourth-order valence-corrected chi connectivity index (χ4v) is 3.15. The van der Waals surface area contributed by atoms with Crippen LogP contribution >= 0.6 is 0 Å². The number of aromatic nitrogens is 1. The second kappa shape index (κ2) is 6.63. The van der Waals surface area contributed by atoms with Gasteiger partial charge < -0.3 is 9.88 Å². The van der Waals surface area contributed by atoms with E-state index in [1.807, 2.05) is 25.1 Å². The quantitative estimate of drug-likeness (QED) is 0.888. The first kappa shape index (κ1) is 16.5. The molecular formula is C20H24N2O2. The number of carbonyl (C=O) groups is 1. The number of amides is 1. The Labute approximate surface area is 142 Å². The fraction of sp³-hybridized carbons (Fsp3) is 0.400. The van der Waals surface area contributed by atoms with Gasteiger partial charge in [0.15, 0.2) is 0 Å². The number of pyridine rings is 1. The third-order valence-corrected chi connectivity index (χ3v) is 4.88. The molecule has 1 aliphatic rings. The number of nitrogens with one attached hydrogen (secondary N) is 1. The van der Waals surface area contributed by atoms with Gasteiger partial charge in [-0.3, -0.25) is 9.59 Å². The van der Waals surface area contributed by atoms with Crippen molar-refractivity contribution in [3.63, 3.8) is 0 Å². The number of benzene rings is 1. The predicted molar refractivity (Wildman–Crippen MR) is 95.0 cm³/mol.